The molecule has 0 saturated carbocycles. The Labute approximate surface area is 164 Å². The van der Waals surface area contributed by atoms with Gasteiger partial charge in [-0.1, -0.05) is 24.4 Å². The molecule has 0 aromatic heterocycles. The van der Waals surface area contributed by atoms with E-state index in [9.17, 15) is 4.79 Å². The summed E-state index contributed by atoms with van der Waals surface area (Å²) in [6.07, 6.45) is 0.918. The van der Waals surface area contributed by atoms with Gasteiger partial charge in [0.25, 0.3) is 0 Å². The number of benzene rings is 1. The summed E-state index contributed by atoms with van der Waals surface area (Å²) in [5.74, 6) is 1.35. The van der Waals surface area contributed by atoms with E-state index in [4.69, 9.17) is 25.5 Å². The maximum atomic E-state index is 11.4. The predicted molar refractivity (Wildman–Crippen MR) is 110 cm³/mol. The van der Waals surface area contributed by atoms with E-state index in [0.29, 0.717) is 5.56 Å². The average Bonchev–Trinajstić information content (AvgIpc) is 2.67. The Hall–Kier alpha value is -0.423. The van der Waals surface area contributed by atoms with Crippen LogP contribution in [0.5, 0.6) is 0 Å². The zero-order valence-corrected chi connectivity index (χ0v) is 18.4. The van der Waals surface area contributed by atoms with E-state index in [1.807, 2.05) is 12.1 Å². The van der Waals surface area contributed by atoms with Crippen molar-refractivity contribution in [2.75, 3.05) is 34.2 Å². The Morgan fingerprint density at radius 1 is 1.04 bits per heavy atom. The SMILES string of the molecule is COC(=O)c1ccc(CSC(=S)SCCC[Si](OC)(OC)OC)cc1. The summed E-state index contributed by atoms with van der Waals surface area (Å²) in [4.78, 5) is 11.4. The standard InChI is InChI=1S/C16H24O5S3Si/c1-18-15(17)14-8-6-13(7-9-14)12-24-16(22)23-10-5-11-25(19-2,20-3)21-4/h6-9H,5,10-12H2,1-4H3. The molecule has 0 unspecified atom stereocenters. The molecule has 1 aromatic rings. The third-order valence-electron chi connectivity index (χ3n) is 3.51. The number of carbonyl (C=O) groups excluding carboxylic acids is 1. The minimum absolute atomic E-state index is 0.326. The van der Waals surface area contributed by atoms with Crippen molar-refractivity contribution in [3.05, 3.63) is 35.4 Å². The Morgan fingerprint density at radius 3 is 2.16 bits per heavy atom. The van der Waals surface area contributed by atoms with Crippen molar-refractivity contribution in [2.24, 2.45) is 0 Å². The molecule has 25 heavy (non-hydrogen) atoms. The van der Waals surface area contributed by atoms with Crippen molar-refractivity contribution < 1.29 is 22.8 Å². The molecule has 1 rings (SSSR count). The first-order chi connectivity index (χ1) is 12.0. The fourth-order valence-corrected chi connectivity index (χ4v) is 6.14. The van der Waals surface area contributed by atoms with Crippen molar-refractivity contribution >= 4 is 54.0 Å². The molecule has 0 aliphatic rings. The van der Waals surface area contributed by atoms with Crippen LogP contribution in [0.2, 0.25) is 6.04 Å². The van der Waals surface area contributed by atoms with Crippen LogP contribution in [-0.4, -0.2) is 52.5 Å². The zero-order valence-electron chi connectivity index (χ0n) is 14.9. The van der Waals surface area contributed by atoms with Gasteiger partial charge in [-0.3, -0.25) is 0 Å². The van der Waals surface area contributed by atoms with E-state index in [-0.39, 0.29) is 5.97 Å². The van der Waals surface area contributed by atoms with Crippen LogP contribution >= 0.6 is 35.7 Å². The smallest absolute Gasteiger partial charge is 0.465 e. The summed E-state index contributed by atoms with van der Waals surface area (Å²) >= 11 is 8.68. The van der Waals surface area contributed by atoms with Crippen LogP contribution < -0.4 is 0 Å². The van der Waals surface area contributed by atoms with Crippen LogP contribution in [-0.2, 0) is 23.8 Å². The third kappa shape index (κ3) is 7.77. The molecule has 0 saturated heterocycles. The molecule has 0 aliphatic heterocycles. The molecular formula is C16H24O5S3Si. The van der Waals surface area contributed by atoms with E-state index >= 15 is 0 Å². The number of esters is 1. The van der Waals surface area contributed by atoms with E-state index < -0.39 is 8.80 Å². The molecule has 9 heteroatoms. The number of ether oxygens (including phenoxy) is 1. The van der Waals surface area contributed by atoms with Crippen LogP contribution in [0.25, 0.3) is 0 Å². The number of methoxy groups -OCH3 is 1. The number of carbonyl (C=O) groups is 1. The maximum Gasteiger partial charge on any atom is 0.500 e. The van der Waals surface area contributed by atoms with Crippen molar-refractivity contribution in [1.29, 1.82) is 0 Å². The molecule has 0 N–H and O–H groups in total. The molecule has 0 amide bonds. The first kappa shape index (κ1) is 22.6. The van der Waals surface area contributed by atoms with Crippen molar-refractivity contribution in [3.8, 4) is 0 Å². The van der Waals surface area contributed by atoms with Gasteiger partial charge in [0.2, 0.25) is 0 Å². The summed E-state index contributed by atoms with van der Waals surface area (Å²) in [6, 6.07) is 8.14. The molecule has 5 nitrogen and oxygen atoms in total. The number of thiocarbonyl (C=S) groups is 1. The zero-order chi connectivity index (χ0) is 18.7. The average molecular weight is 421 g/mol. The van der Waals surface area contributed by atoms with E-state index in [1.54, 1.807) is 57.0 Å². The highest BCUT2D eigenvalue weighted by Gasteiger charge is 2.36. The van der Waals surface area contributed by atoms with E-state index in [0.717, 1.165) is 33.1 Å². The number of hydrogen-bond acceptors (Lipinski definition) is 8. The van der Waals surface area contributed by atoms with Gasteiger partial charge in [-0.05, 0) is 29.9 Å². The van der Waals surface area contributed by atoms with Crippen molar-refractivity contribution in [2.45, 2.75) is 18.2 Å². The van der Waals surface area contributed by atoms with Gasteiger partial charge in [-0.15, -0.1) is 23.5 Å². The highest BCUT2D eigenvalue weighted by atomic mass is 32.2. The normalized spacial score (nSPS) is 11.4. The Bertz CT molecular complexity index is 541. The molecule has 0 bridgehead atoms. The summed E-state index contributed by atoms with van der Waals surface area (Å²) in [5, 5.41) is 0. The van der Waals surface area contributed by atoms with Crippen LogP contribution in [0.3, 0.4) is 0 Å². The second-order valence-corrected chi connectivity index (χ2v) is 11.3. The Morgan fingerprint density at radius 2 is 1.64 bits per heavy atom. The first-order valence-electron chi connectivity index (χ1n) is 7.62. The molecule has 0 heterocycles. The molecular weight excluding hydrogens is 396 g/mol. The van der Waals surface area contributed by atoms with Crippen molar-refractivity contribution in [1.82, 2.24) is 0 Å². The quantitative estimate of drug-likeness (QED) is 0.244. The molecule has 0 radical (unpaired) electrons. The van der Waals surface area contributed by atoms with Gasteiger partial charge in [0.15, 0.2) is 0 Å². The summed E-state index contributed by atoms with van der Waals surface area (Å²) in [5.41, 5.74) is 1.67. The van der Waals surface area contributed by atoms with Crippen LogP contribution in [0.1, 0.15) is 22.3 Å². The van der Waals surface area contributed by atoms with Gasteiger partial charge in [0, 0.05) is 33.1 Å². The lowest BCUT2D eigenvalue weighted by atomic mass is 10.1. The number of thioether (sulfide) groups is 2. The molecule has 1 aromatic carbocycles. The second-order valence-electron chi connectivity index (χ2n) is 4.97. The lowest BCUT2D eigenvalue weighted by molar-refractivity contribution is 0.0600. The Balaban J connectivity index is 2.30. The Kier molecular flexibility index (Phi) is 10.9. The van der Waals surface area contributed by atoms with Crippen LogP contribution in [0, 0.1) is 0 Å². The summed E-state index contributed by atoms with van der Waals surface area (Å²) in [6.45, 7) is 0. The van der Waals surface area contributed by atoms with Gasteiger partial charge in [-0.25, -0.2) is 4.79 Å². The van der Waals surface area contributed by atoms with E-state index in [1.165, 1.54) is 7.11 Å². The van der Waals surface area contributed by atoms with Gasteiger partial charge in [-0.2, -0.15) is 0 Å². The van der Waals surface area contributed by atoms with Crippen molar-refractivity contribution in [3.63, 3.8) is 0 Å². The first-order valence-corrected chi connectivity index (χ1v) is 11.9. The molecule has 0 spiro atoms. The highest BCUT2D eigenvalue weighted by Crippen LogP contribution is 2.24. The lowest BCUT2D eigenvalue weighted by Crippen LogP contribution is -2.42. The monoisotopic (exact) mass is 420 g/mol. The second kappa shape index (κ2) is 12.1. The minimum atomic E-state index is -2.48. The van der Waals surface area contributed by atoms with Gasteiger partial charge in [0.1, 0.15) is 3.53 Å². The minimum Gasteiger partial charge on any atom is -0.465 e. The largest absolute Gasteiger partial charge is 0.500 e. The summed E-state index contributed by atoms with van der Waals surface area (Å²) in [7, 11) is 3.77. The van der Waals surface area contributed by atoms with Gasteiger partial charge in [0.05, 0.1) is 12.7 Å². The predicted octanol–water partition coefficient (Wildman–Crippen LogP) is 3.99. The van der Waals surface area contributed by atoms with Gasteiger partial charge >= 0.3 is 14.8 Å². The van der Waals surface area contributed by atoms with E-state index in [2.05, 4.69) is 4.74 Å². The molecule has 0 aliphatic carbocycles. The topological polar surface area (TPSA) is 54.0 Å². The van der Waals surface area contributed by atoms with Crippen LogP contribution in [0.4, 0.5) is 0 Å². The third-order valence-corrected chi connectivity index (χ3v) is 9.20. The molecule has 0 fully saturated rings. The number of rotatable bonds is 10. The molecule has 140 valence electrons. The fourth-order valence-electron chi connectivity index (χ4n) is 2.04. The fraction of sp³-hybridized carbons (Fsp3) is 0.500. The lowest BCUT2D eigenvalue weighted by Gasteiger charge is -2.24. The summed E-state index contributed by atoms with van der Waals surface area (Å²) < 4.78 is 21.8. The number of hydrogen-bond donors (Lipinski definition) is 0. The van der Waals surface area contributed by atoms with Gasteiger partial charge < -0.3 is 18.0 Å². The van der Waals surface area contributed by atoms with Crippen LogP contribution in [0.15, 0.2) is 24.3 Å². The maximum absolute atomic E-state index is 11.4. The highest BCUT2D eigenvalue weighted by molar-refractivity contribution is 8.46. The molecule has 0 atom stereocenters.